The Bertz CT molecular complexity index is 801. The van der Waals surface area contributed by atoms with Crippen LogP contribution in [-0.2, 0) is 9.59 Å². The third-order valence-corrected chi connectivity index (χ3v) is 4.70. The van der Waals surface area contributed by atoms with Gasteiger partial charge in [-0.25, -0.2) is 0 Å². The number of carbonyl (C=O) groups excluding carboxylic acids is 1. The van der Waals surface area contributed by atoms with Crippen LogP contribution in [0.4, 0.5) is 0 Å². The first kappa shape index (κ1) is 17.0. The quantitative estimate of drug-likeness (QED) is 0.878. The first-order chi connectivity index (χ1) is 12.0. The molecular weight excluding hydrogens is 318 g/mol. The number of ether oxygens (including phenoxy) is 1. The highest BCUT2D eigenvalue weighted by Gasteiger charge is 2.31. The molecule has 0 saturated heterocycles. The third kappa shape index (κ3) is 3.50. The van der Waals surface area contributed by atoms with Gasteiger partial charge in [0.2, 0.25) is 5.91 Å². The number of hydrogen-bond acceptors (Lipinski definition) is 3. The lowest BCUT2D eigenvalue weighted by molar-refractivity contribution is -0.138. The van der Waals surface area contributed by atoms with Crippen LogP contribution in [-0.4, -0.2) is 30.1 Å². The number of benzene rings is 2. The second-order valence-corrected chi connectivity index (χ2v) is 6.38. The number of carboxylic acid groups (broad SMARTS) is 1. The topological polar surface area (TPSA) is 75.6 Å². The summed E-state index contributed by atoms with van der Waals surface area (Å²) in [6, 6.07) is 12.8. The molecule has 0 bridgehead atoms. The number of amides is 1. The molecule has 0 aromatic heterocycles. The molecule has 5 heteroatoms. The number of aryl methyl sites for hydroxylation is 2. The molecule has 1 aliphatic rings. The van der Waals surface area contributed by atoms with Gasteiger partial charge in [-0.15, -0.1) is 0 Å². The minimum atomic E-state index is -0.957. The van der Waals surface area contributed by atoms with Crippen LogP contribution in [0.15, 0.2) is 42.5 Å². The molecule has 5 nitrogen and oxygen atoms in total. The van der Waals surface area contributed by atoms with Gasteiger partial charge in [0.05, 0.1) is 5.92 Å². The van der Waals surface area contributed by atoms with Crippen LogP contribution in [0.25, 0.3) is 0 Å². The molecule has 0 fully saturated rings. The Morgan fingerprint density at radius 1 is 1.20 bits per heavy atom. The van der Waals surface area contributed by atoms with Gasteiger partial charge in [0, 0.05) is 12.1 Å². The second kappa shape index (κ2) is 6.97. The van der Waals surface area contributed by atoms with Crippen molar-refractivity contribution in [2.45, 2.75) is 25.7 Å². The van der Waals surface area contributed by atoms with E-state index < -0.39 is 17.8 Å². The second-order valence-electron chi connectivity index (χ2n) is 6.38. The number of hydrogen-bond donors (Lipinski definition) is 2. The maximum Gasteiger partial charge on any atom is 0.312 e. The zero-order valence-corrected chi connectivity index (χ0v) is 14.3. The number of aliphatic carboxylic acids is 1. The molecule has 0 radical (unpaired) electrons. The molecule has 1 amide bonds. The van der Waals surface area contributed by atoms with E-state index in [1.54, 1.807) is 24.3 Å². The summed E-state index contributed by atoms with van der Waals surface area (Å²) >= 11 is 0. The molecule has 1 aliphatic heterocycles. The largest absolute Gasteiger partial charge is 0.492 e. The summed E-state index contributed by atoms with van der Waals surface area (Å²) in [7, 11) is 0. The van der Waals surface area contributed by atoms with Crippen LogP contribution in [0.3, 0.4) is 0 Å². The van der Waals surface area contributed by atoms with Gasteiger partial charge in [0.15, 0.2) is 0 Å². The molecule has 2 N–H and O–H groups in total. The van der Waals surface area contributed by atoms with Crippen molar-refractivity contribution < 1.29 is 19.4 Å². The van der Waals surface area contributed by atoms with Crippen LogP contribution in [0.1, 0.15) is 34.1 Å². The highest BCUT2D eigenvalue weighted by molar-refractivity contribution is 5.86. The van der Waals surface area contributed by atoms with E-state index in [0.29, 0.717) is 5.56 Å². The van der Waals surface area contributed by atoms with Gasteiger partial charge >= 0.3 is 5.97 Å². The summed E-state index contributed by atoms with van der Waals surface area (Å²) in [6.45, 7) is 4.34. The smallest absolute Gasteiger partial charge is 0.312 e. The number of rotatable bonds is 5. The van der Waals surface area contributed by atoms with Crippen molar-refractivity contribution in [1.82, 2.24) is 5.32 Å². The van der Waals surface area contributed by atoms with Crippen LogP contribution in [0.5, 0.6) is 5.75 Å². The number of carboxylic acids is 1. The Morgan fingerprint density at radius 2 is 1.88 bits per heavy atom. The Hall–Kier alpha value is -2.82. The summed E-state index contributed by atoms with van der Waals surface area (Å²) in [4.78, 5) is 24.1. The maximum atomic E-state index is 12.6. The molecule has 1 heterocycles. The monoisotopic (exact) mass is 339 g/mol. The number of nitrogens with one attached hydrogen (secondary N) is 1. The average Bonchev–Trinajstić information content (AvgIpc) is 2.98. The van der Waals surface area contributed by atoms with Crippen LogP contribution in [0, 0.1) is 13.8 Å². The van der Waals surface area contributed by atoms with Crippen LogP contribution >= 0.6 is 0 Å². The highest BCUT2D eigenvalue weighted by atomic mass is 16.5. The Morgan fingerprint density at radius 3 is 2.56 bits per heavy atom. The van der Waals surface area contributed by atoms with Crippen molar-refractivity contribution in [2.75, 3.05) is 13.2 Å². The van der Waals surface area contributed by atoms with E-state index >= 15 is 0 Å². The zero-order chi connectivity index (χ0) is 18.0. The normalized spacial score (nSPS) is 16.6. The van der Waals surface area contributed by atoms with Crippen LogP contribution in [0.2, 0.25) is 0 Å². The Kier molecular flexibility index (Phi) is 4.74. The molecule has 130 valence electrons. The standard InChI is InChI=1S/C20H21NO4/c1-12-8-15-17(11-25-18(15)9-13(12)2)19(22)21-10-16(20(23)24)14-6-4-3-5-7-14/h3-9,16-17H,10-11H2,1-2H3,(H,21,22)(H,23,24). The fraction of sp³-hybridized carbons (Fsp3) is 0.300. The van der Waals surface area contributed by atoms with Crippen molar-refractivity contribution in [3.63, 3.8) is 0 Å². The molecule has 2 unspecified atom stereocenters. The number of fused-ring (bicyclic) bond motifs is 1. The average molecular weight is 339 g/mol. The number of carbonyl (C=O) groups is 2. The van der Waals surface area contributed by atoms with Crippen molar-refractivity contribution in [3.05, 3.63) is 64.7 Å². The van der Waals surface area contributed by atoms with E-state index in [-0.39, 0.29) is 19.1 Å². The van der Waals surface area contributed by atoms with Crippen molar-refractivity contribution in [3.8, 4) is 5.75 Å². The molecule has 0 saturated carbocycles. The lowest BCUT2D eigenvalue weighted by atomic mass is 9.95. The van der Waals surface area contributed by atoms with Gasteiger partial charge < -0.3 is 15.2 Å². The molecule has 0 aliphatic carbocycles. The molecule has 25 heavy (non-hydrogen) atoms. The summed E-state index contributed by atoms with van der Waals surface area (Å²) in [5, 5.41) is 12.2. The minimum Gasteiger partial charge on any atom is -0.492 e. The van der Waals surface area contributed by atoms with E-state index in [1.807, 2.05) is 32.0 Å². The van der Waals surface area contributed by atoms with Gasteiger partial charge in [0.1, 0.15) is 18.3 Å². The fourth-order valence-electron chi connectivity index (χ4n) is 3.05. The molecule has 2 aromatic rings. The van der Waals surface area contributed by atoms with Crippen molar-refractivity contribution in [2.24, 2.45) is 0 Å². The lowest BCUT2D eigenvalue weighted by Gasteiger charge is -2.16. The van der Waals surface area contributed by atoms with E-state index in [1.165, 1.54) is 0 Å². The van der Waals surface area contributed by atoms with Gasteiger partial charge in [-0.05, 0) is 36.6 Å². The SMILES string of the molecule is Cc1cc2c(cc1C)C(C(=O)NCC(C(=O)O)c1ccccc1)CO2. The van der Waals surface area contributed by atoms with Crippen molar-refractivity contribution in [1.29, 1.82) is 0 Å². The predicted octanol–water partition coefficient (Wildman–Crippen LogP) is 2.76. The summed E-state index contributed by atoms with van der Waals surface area (Å²) in [5.74, 6) is -1.60. The van der Waals surface area contributed by atoms with E-state index in [2.05, 4.69) is 5.32 Å². The maximum absolute atomic E-state index is 12.6. The molecule has 0 spiro atoms. The van der Waals surface area contributed by atoms with E-state index in [4.69, 9.17) is 4.74 Å². The first-order valence-electron chi connectivity index (χ1n) is 8.26. The molecule has 3 rings (SSSR count). The summed E-state index contributed by atoms with van der Waals surface area (Å²) in [5.41, 5.74) is 3.77. The fourth-order valence-corrected chi connectivity index (χ4v) is 3.05. The highest BCUT2D eigenvalue weighted by Crippen LogP contribution is 2.36. The van der Waals surface area contributed by atoms with Gasteiger partial charge in [-0.2, -0.15) is 0 Å². The van der Waals surface area contributed by atoms with Gasteiger partial charge in [-0.1, -0.05) is 36.4 Å². The van der Waals surface area contributed by atoms with Crippen LogP contribution < -0.4 is 10.1 Å². The molecule has 2 atom stereocenters. The summed E-state index contributed by atoms with van der Waals surface area (Å²) < 4.78 is 5.63. The van der Waals surface area contributed by atoms with Gasteiger partial charge in [-0.3, -0.25) is 9.59 Å². The summed E-state index contributed by atoms with van der Waals surface area (Å²) in [6.07, 6.45) is 0. The predicted molar refractivity (Wildman–Crippen MR) is 94.0 cm³/mol. The van der Waals surface area contributed by atoms with Gasteiger partial charge in [0.25, 0.3) is 0 Å². The third-order valence-electron chi connectivity index (χ3n) is 4.70. The zero-order valence-electron chi connectivity index (χ0n) is 14.3. The minimum absolute atomic E-state index is 0.0505. The lowest BCUT2D eigenvalue weighted by Crippen LogP contribution is -2.35. The van der Waals surface area contributed by atoms with E-state index in [0.717, 1.165) is 22.4 Å². The van der Waals surface area contributed by atoms with Crippen molar-refractivity contribution >= 4 is 11.9 Å². The molecule has 2 aromatic carbocycles. The van der Waals surface area contributed by atoms with E-state index in [9.17, 15) is 14.7 Å². The molecular formula is C20H21NO4. The Balaban J connectivity index is 1.72. The first-order valence-corrected chi connectivity index (χ1v) is 8.26. The Labute approximate surface area is 146 Å².